The zero-order chi connectivity index (χ0) is 5.70. The third-order valence-electron chi connectivity index (χ3n) is 0.894. The van der Waals surface area contributed by atoms with E-state index in [-0.39, 0.29) is 50.4 Å². The van der Waals surface area contributed by atoms with E-state index < -0.39 is 0 Å². The van der Waals surface area contributed by atoms with Crippen molar-refractivity contribution >= 4 is 0 Å². The molecule has 0 saturated heterocycles. The van der Waals surface area contributed by atoms with Gasteiger partial charge in [0.05, 0.1) is 6.61 Å². The van der Waals surface area contributed by atoms with Crippen molar-refractivity contribution in [1.29, 1.82) is 0 Å². The van der Waals surface area contributed by atoms with Crippen LogP contribution >= 0.6 is 0 Å². The minimum absolute atomic E-state index is 0. The smallest absolute Gasteiger partial charge is 0.0582 e. The van der Waals surface area contributed by atoms with Crippen molar-refractivity contribution in [2.45, 2.75) is 25.8 Å². The number of hydrogen-bond acceptors (Lipinski definition) is 2. The Labute approximate surface area is 80.4 Å². The maximum Gasteiger partial charge on any atom is 0.0582 e. The first kappa shape index (κ1) is 11.9. The Morgan fingerprint density at radius 2 is 2.12 bits per heavy atom. The minimum Gasteiger partial charge on any atom is -0.395 e. The van der Waals surface area contributed by atoms with Gasteiger partial charge in [0, 0.05) is 43.8 Å². The van der Waals surface area contributed by atoms with Crippen LogP contribution in [-0.2, 0) is 0 Å². The second-order valence-corrected chi connectivity index (χ2v) is 1.73. The van der Waals surface area contributed by atoms with E-state index in [1.54, 1.807) is 0 Å². The number of hydrogen-bond donors (Lipinski definition) is 2. The van der Waals surface area contributed by atoms with E-state index in [4.69, 9.17) is 10.8 Å². The van der Waals surface area contributed by atoms with E-state index in [2.05, 4.69) is 6.92 Å². The van der Waals surface area contributed by atoms with Crippen molar-refractivity contribution in [3.8, 4) is 0 Å². The first-order chi connectivity index (χ1) is 3.31. The van der Waals surface area contributed by atoms with E-state index in [1.165, 1.54) is 0 Å². The van der Waals surface area contributed by atoms with Gasteiger partial charge in [-0.1, -0.05) is 13.3 Å². The summed E-state index contributed by atoms with van der Waals surface area (Å²) in [6.07, 6.45) is 1.98. The second kappa shape index (κ2) is 8.18. The molecule has 52 valence electrons. The molecule has 0 aromatic heterocycles. The van der Waals surface area contributed by atoms with Gasteiger partial charge in [-0.05, 0) is 6.42 Å². The van der Waals surface area contributed by atoms with Crippen molar-refractivity contribution in [3.63, 3.8) is 0 Å². The van der Waals surface area contributed by atoms with E-state index in [0.717, 1.165) is 12.8 Å². The molecule has 0 aliphatic heterocycles. The summed E-state index contributed by atoms with van der Waals surface area (Å²) < 4.78 is 0. The maximum atomic E-state index is 8.34. The van der Waals surface area contributed by atoms with Gasteiger partial charge in [0.25, 0.3) is 0 Å². The molecule has 0 aromatic rings. The first-order valence-corrected chi connectivity index (χ1v) is 2.67. The molecular weight excluding hydrogens is 130 g/mol. The third-order valence-corrected chi connectivity index (χ3v) is 0.894. The average Bonchev–Trinajstić information content (AvgIpc) is 1.68. The Hall–Kier alpha value is 1.18. The van der Waals surface area contributed by atoms with Crippen molar-refractivity contribution in [3.05, 3.63) is 0 Å². The van der Waals surface area contributed by atoms with Crippen molar-refractivity contribution in [2.24, 2.45) is 5.73 Å². The van der Waals surface area contributed by atoms with Crippen molar-refractivity contribution in [1.82, 2.24) is 0 Å². The van der Waals surface area contributed by atoms with Crippen LogP contribution in [0.15, 0.2) is 0 Å². The van der Waals surface area contributed by atoms with E-state index in [1.807, 2.05) is 0 Å². The quantitative estimate of drug-likeness (QED) is 0.588. The zero-order valence-electron chi connectivity index (χ0n) is 5.08. The fourth-order valence-corrected chi connectivity index (χ4v) is 0.462. The third kappa shape index (κ3) is 7.18. The van der Waals surface area contributed by atoms with Crippen LogP contribution in [0, 0.1) is 37.7 Å². The normalized spacial score (nSPS) is 12.4. The maximum absolute atomic E-state index is 8.34. The molecule has 0 rings (SSSR count). The zero-order valence-corrected chi connectivity index (χ0v) is 5.78. The Balaban J connectivity index is 0. The molecule has 0 aliphatic rings. The molecule has 0 fully saturated rings. The van der Waals surface area contributed by atoms with Gasteiger partial charge in [-0.3, -0.25) is 0 Å². The van der Waals surface area contributed by atoms with Gasteiger partial charge in [-0.2, -0.15) is 0 Å². The molecule has 2 nitrogen and oxygen atoms in total. The molecule has 0 aromatic carbocycles. The Morgan fingerprint density at radius 3 is 2.25 bits per heavy atom. The molecule has 0 aliphatic carbocycles. The monoisotopic (exact) mass is 143 g/mol. The average molecular weight is 143 g/mol. The van der Waals surface area contributed by atoms with Crippen LogP contribution in [0.25, 0.3) is 0 Å². The predicted molar refractivity (Wildman–Crippen MR) is 30.0 cm³/mol. The van der Waals surface area contributed by atoms with Gasteiger partial charge in [0.1, 0.15) is 0 Å². The fraction of sp³-hybridized carbons (Fsp3) is 1.00. The van der Waals surface area contributed by atoms with E-state index in [0.29, 0.717) is 0 Å². The fourth-order valence-electron chi connectivity index (χ4n) is 0.462. The molecular formula is C5H13ArNO. The number of nitrogens with two attached hydrogens (primary N) is 1. The van der Waals surface area contributed by atoms with Crippen molar-refractivity contribution in [2.75, 3.05) is 6.61 Å². The summed E-state index contributed by atoms with van der Waals surface area (Å²) >= 11 is 0. The summed E-state index contributed by atoms with van der Waals surface area (Å²) in [5.74, 6) is 0. The van der Waals surface area contributed by atoms with Crippen LogP contribution in [0.3, 0.4) is 0 Å². The van der Waals surface area contributed by atoms with Gasteiger partial charge in [0.2, 0.25) is 0 Å². The molecule has 3 heteroatoms. The van der Waals surface area contributed by atoms with E-state index in [9.17, 15) is 0 Å². The molecule has 0 bridgehead atoms. The first-order valence-electron chi connectivity index (χ1n) is 2.67. The number of rotatable bonds is 3. The van der Waals surface area contributed by atoms with Gasteiger partial charge < -0.3 is 10.8 Å². The molecule has 0 amide bonds. The Morgan fingerprint density at radius 1 is 1.62 bits per heavy atom. The molecule has 0 radical (unpaired) electrons. The summed E-state index contributed by atoms with van der Waals surface area (Å²) in [5, 5.41) is 8.34. The minimum atomic E-state index is 0. The number of aliphatic hydroxyl groups excluding tert-OH is 1. The van der Waals surface area contributed by atoms with Gasteiger partial charge >= 0.3 is 0 Å². The topological polar surface area (TPSA) is 46.2 Å². The molecule has 0 saturated carbocycles. The van der Waals surface area contributed by atoms with Gasteiger partial charge in [0.15, 0.2) is 0 Å². The van der Waals surface area contributed by atoms with Crippen LogP contribution < -0.4 is 5.73 Å². The molecule has 0 unspecified atom stereocenters. The predicted octanol–water partition coefficient (Wildman–Crippen LogP) is 0.106. The van der Waals surface area contributed by atoms with Crippen LogP contribution in [0.5, 0.6) is 0 Å². The van der Waals surface area contributed by atoms with Crippen LogP contribution in [0.1, 0.15) is 19.8 Å². The van der Waals surface area contributed by atoms with Gasteiger partial charge in [-0.15, -0.1) is 0 Å². The van der Waals surface area contributed by atoms with Gasteiger partial charge in [-0.25, -0.2) is 0 Å². The van der Waals surface area contributed by atoms with Crippen LogP contribution in [0.4, 0.5) is 0 Å². The summed E-state index contributed by atoms with van der Waals surface area (Å²) in [6.45, 7) is 2.17. The standard InChI is InChI=1S/C5H13NO.Ar/c1-2-3-5(6)4-7;/h5,7H,2-4,6H2,1H3;/t5-;/m0./s1. The molecule has 0 heterocycles. The SMILES string of the molecule is CCC[C@H](N)CO.[Ar]. The van der Waals surface area contributed by atoms with Crippen molar-refractivity contribution < 1.29 is 42.8 Å². The summed E-state index contributed by atoms with van der Waals surface area (Å²) in [5.41, 5.74) is 5.33. The van der Waals surface area contributed by atoms with E-state index >= 15 is 0 Å². The van der Waals surface area contributed by atoms with Crippen LogP contribution in [-0.4, -0.2) is 17.8 Å². The van der Waals surface area contributed by atoms with Crippen LogP contribution in [0.2, 0.25) is 0 Å². The molecule has 0 spiro atoms. The summed E-state index contributed by atoms with van der Waals surface area (Å²) in [7, 11) is 0. The Kier molecular flexibility index (Phi) is 12.2. The second-order valence-electron chi connectivity index (χ2n) is 1.73. The summed E-state index contributed by atoms with van der Waals surface area (Å²) in [6, 6.07) is 0.00463. The molecule has 1 atom stereocenters. The number of aliphatic hydroxyl groups is 1. The molecule has 8 heavy (non-hydrogen) atoms. The molecule has 3 N–H and O–H groups in total. The summed E-state index contributed by atoms with van der Waals surface area (Å²) in [4.78, 5) is 0. The Bertz CT molecular complexity index is 43.4. The largest absolute Gasteiger partial charge is 0.395 e.